The Kier molecular flexibility index (Phi) is 4.39. The molecule has 0 radical (unpaired) electrons. The quantitative estimate of drug-likeness (QED) is 0.686. The van der Waals surface area contributed by atoms with Crippen LogP contribution in [0.2, 0.25) is 0 Å². The van der Waals surface area contributed by atoms with Crippen LogP contribution in [0, 0.1) is 5.92 Å². The van der Waals surface area contributed by atoms with Crippen LogP contribution in [0.3, 0.4) is 0 Å². The number of likely N-dealkylation sites (tertiary alicyclic amines) is 1. The minimum atomic E-state index is 0.336. The van der Waals surface area contributed by atoms with Gasteiger partial charge in [-0.1, -0.05) is 19.8 Å². The van der Waals surface area contributed by atoms with E-state index in [1.165, 1.54) is 38.8 Å². The summed E-state index contributed by atoms with van der Waals surface area (Å²) in [4.78, 5) is 2.63. The lowest BCUT2D eigenvalue weighted by molar-refractivity contribution is 0.138. The molecule has 1 saturated heterocycles. The summed E-state index contributed by atoms with van der Waals surface area (Å²) >= 11 is 0. The Hall–Kier alpha value is -0.0800. The maximum absolute atomic E-state index is 5.80. The third-order valence-electron chi connectivity index (χ3n) is 3.88. The highest BCUT2D eigenvalue weighted by Gasteiger charge is 2.39. The van der Waals surface area contributed by atoms with Gasteiger partial charge in [-0.05, 0) is 52.2 Å². The Morgan fingerprint density at radius 3 is 2.57 bits per heavy atom. The van der Waals surface area contributed by atoms with Gasteiger partial charge < -0.3 is 5.73 Å². The Morgan fingerprint density at radius 1 is 1.36 bits per heavy atom. The average Bonchev–Trinajstić information content (AvgIpc) is 2.42. The molecule has 1 unspecified atom stereocenters. The molecule has 1 aliphatic rings. The fraction of sp³-hybridized carbons (Fsp3) is 1.00. The molecule has 0 aromatic rings. The first-order valence-corrected chi connectivity index (χ1v) is 6.08. The van der Waals surface area contributed by atoms with Gasteiger partial charge in [-0.25, -0.2) is 0 Å². The molecule has 0 bridgehead atoms. The monoisotopic (exact) mass is 198 g/mol. The zero-order valence-electron chi connectivity index (χ0n) is 10.1. The second-order valence-corrected chi connectivity index (χ2v) is 5.07. The largest absolute Gasteiger partial charge is 0.330 e. The van der Waals surface area contributed by atoms with E-state index >= 15 is 0 Å². The molecule has 1 fully saturated rings. The molecule has 0 aromatic carbocycles. The summed E-state index contributed by atoms with van der Waals surface area (Å²) in [6.07, 6.45) is 5.31. The molecule has 0 aromatic heterocycles. The van der Waals surface area contributed by atoms with Crippen LogP contribution in [-0.2, 0) is 0 Å². The van der Waals surface area contributed by atoms with Gasteiger partial charge in [-0.15, -0.1) is 0 Å². The zero-order chi connectivity index (χ0) is 10.6. The number of unbranched alkanes of at least 4 members (excludes halogenated alkanes) is 2. The summed E-state index contributed by atoms with van der Waals surface area (Å²) in [6.45, 7) is 10.3. The summed E-state index contributed by atoms with van der Waals surface area (Å²) in [7, 11) is 0. The third-order valence-corrected chi connectivity index (χ3v) is 3.88. The fourth-order valence-electron chi connectivity index (χ4n) is 2.57. The molecular weight excluding hydrogens is 172 g/mol. The van der Waals surface area contributed by atoms with E-state index in [-0.39, 0.29) is 0 Å². The van der Waals surface area contributed by atoms with Gasteiger partial charge in [-0.2, -0.15) is 0 Å². The van der Waals surface area contributed by atoms with Crippen LogP contribution in [0.1, 0.15) is 46.5 Å². The summed E-state index contributed by atoms with van der Waals surface area (Å²) in [5.74, 6) is 0.698. The van der Waals surface area contributed by atoms with Gasteiger partial charge >= 0.3 is 0 Å². The van der Waals surface area contributed by atoms with Crippen molar-refractivity contribution >= 4 is 0 Å². The fourth-order valence-corrected chi connectivity index (χ4v) is 2.57. The van der Waals surface area contributed by atoms with Crippen molar-refractivity contribution in [1.82, 2.24) is 4.90 Å². The molecule has 2 nitrogen and oxygen atoms in total. The van der Waals surface area contributed by atoms with Crippen molar-refractivity contribution in [2.24, 2.45) is 11.7 Å². The van der Waals surface area contributed by atoms with Crippen molar-refractivity contribution in [1.29, 1.82) is 0 Å². The molecule has 2 heteroatoms. The highest BCUT2D eigenvalue weighted by Crippen LogP contribution is 2.33. The first kappa shape index (κ1) is 12.0. The Balaban J connectivity index is 2.39. The average molecular weight is 198 g/mol. The molecule has 0 aliphatic carbocycles. The predicted octanol–water partition coefficient (Wildman–Crippen LogP) is 2.24. The number of rotatable bonds is 5. The Bertz CT molecular complexity index is 166. The van der Waals surface area contributed by atoms with E-state index in [2.05, 4.69) is 25.7 Å². The van der Waals surface area contributed by atoms with Crippen molar-refractivity contribution < 1.29 is 0 Å². The lowest BCUT2D eigenvalue weighted by Crippen LogP contribution is -2.44. The van der Waals surface area contributed by atoms with E-state index in [0.717, 1.165) is 6.54 Å². The molecule has 0 saturated carbocycles. The van der Waals surface area contributed by atoms with E-state index in [0.29, 0.717) is 11.5 Å². The lowest BCUT2D eigenvalue weighted by Gasteiger charge is -2.35. The smallest absolute Gasteiger partial charge is 0.0193 e. The van der Waals surface area contributed by atoms with Gasteiger partial charge in [0, 0.05) is 5.54 Å². The first-order valence-electron chi connectivity index (χ1n) is 6.08. The molecule has 0 amide bonds. The highest BCUT2D eigenvalue weighted by molar-refractivity contribution is 4.95. The number of nitrogens with zero attached hydrogens (tertiary/aromatic N) is 1. The van der Waals surface area contributed by atoms with Crippen molar-refractivity contribution in [3.8, 4) is 0 Å². The summed E-state index contributed by atoms with van der Waals surface area (Å²) < 4.78 is 0. The second-order valence-electron chi connectivity index (χ2n) is 5.07. The molecule has 84 valence electrons. The van der Waals surface area contributed by atoms with Crippen LogP contribution in [0.4, 0.5) is 0 Å². The van der Waals surface area contributed by atoms with Crippen molar-refractivity contribution in [3.63, 3.8) is 0 Å². The van der Waals surface area contributed by atoms with Crippen molar-refractivity contribution in [2.45, 2.75) is 52.0 Å². The molecule has 2 N–H and O–H groups in total. The van der Waals surface area contributed by atoms with Crippen molar-refractivity contribution in [2.75, 3.05) is 19.6 Å². The SMILES string of the molecule is CCCCCN1CCC(CN)C1(C)C. The lowest BCUT2D eigenvalue weighted by atomic mass is 9.88. The van der Waals surface area contributed by atoms with Crippen LogP contribution in [0.5, 0.6) is 0 Å². The van der Waals surface area contributed by atoms with Crippen LogP contribution < -0.4 is 5.73 Å². The highest BCUT2D eigenvalue weighted by atomic mass is 15.2. The van der Waals surface area contributed by atoms with E-state index in [1.807, 2.05) is 0 Å². The summed E-state index contributed by atoms with van der Waals surface area (Å²) in [6, 6.07) is 0. The topological polar surface area (TPSA) is 29.3 Å². The molecule has 1 aliphatic heterocycles. The van der Waals surface area contributed by atoms with E-state index in [1.54, 1.807) is 0 Å². The zero-order valence-corrected chi connectivity index (χ0v) is 10.1. The first-order chi connectivity index (χ1) is 6.62. The van der Waals surface area contributed by atoms with Gasteiger partial charge in [-0.3, -0.25) is 4.90 Å². The molecular formula is C12H26N2. The summed E-state index contributed by atoms with van der Waals surface area (Å²) in [5.41, 5.74) is 6.14. The molecule has 14 heavy (non-hydrogen) atoms. The minimum Gasteiger partial charge on any atom is -0.330 e. The maximum atomic E-state index is 5.80. The van der Waals surface area contributed by atoms with Crippen LogP contribution in [0.15, 0.2) is 0 Å². The minimum absolute atomic E-state index is 0.336. The van der Waals surface area contributed by atoms with Gasteiger partial charge in [0.15, 0.2) is 0 Å². The van der Waals surface area contributed by atoms with Gasteiger partial charge in [0.1, 0.15) is 0 Å². The van der Waals surface area contributed by atoms with Gasteiger partial charge in [0.05, 0.1) is 0 Å². The van der Waals surface area contributed by atoms with E-state index in [4.69, 9.17) is 5.73 Å². The number of hydrogen-bond donors (Lipinski definition) is 1. The van der Waals surface area contributed by atoms with Gasteiger partial charge in [0.25, 0.3) is 0 Å². The normalized spacial score (nSPS) is 27.0. The summed E-state index contributed by atoms with van der Waals surface area (Å²) in [5, 5.41) is 0. The Morgan fingerprint density at radius 2 is 2.07 bits per heavy atom. The maximum Gasteiger partial charge on any atom is 0.0193 e. The van der Waals surface area contributed by atoms with Crippen LogP contribution >= 0.6 is 0 Å². The van der Waals surface area contributed by atoms with E-state index < -0.39 is 0 Å². The predicted molar refractivity (Wildman–Crippen MR) is 62.3 cm³/mol. The third kappa shape index (κ3) is 2.48. The molecule has 1 heterocycles. The number of hydrogen-bond acceptors (Lipinski definition) is 2. The second kappa shape index (κ2) is 5.13. The van der Waals surface area contributed by atoms with Gasteiger partial charge in [0.2, 0.25) is 0 Å². The van der Waals surface area contributed by atoms with Crippen LogP contribution in [-0.4, -0.2) is 30.1 Å². The Labute approximate surface area is 88.8 Å². The number of nitrogens with two attached hydrogens (primary N) is 1. The molecule has 1 atom stereocenters. The van der Waals surface area contributed by atoms with E-state index in [9.17, 15) is 0 Å². The van der Waals surface area contributed by atoms with Crippen LogP contribution in [0.25, 0.3) is 0 Å². The standard InChI is InChI=1S/C12H26N2/c1-4-5-6-8-14-9-7-11(10-13)12(14,2)3/h11H,4-10,13H2,1-3H3. The molecule has 1 rings (SSSR count). The molecule has 0 spiro atoms. The van der Waals surface area contributed by atoms with Crippen molar-refractivity contribution in [3.05, 3.63) is 0 Å².